The fourth-order valence-corrected chi connectivity index (χ4v) is 4.72. The third kappa shape index (κ3) is 4.16. The maximum absolute atomic E-state index is 13.7. The summed E-state index contributed by atoms with van der Waals surface area (Å²) in [5, 5.41) is 0. The number of ether oxygens (including phenoxy) is 1. The summed E-state index contributed by atoms with van der Waals surface area (Å²) in [7, 11) is 0. The van der Waals surface area contributed by atoms with Gasteiger partial charge >= 0.3 is 0 Å². The molecule has 0 bridgehead atoms. The molecule has 0 aliphatic carbocycles. The molecule has 1 atom stereocenters. The number of carbonyl (C=O) groups excluding carboxylic acids is 2. The van der Waals surface area contributed by atoms with Crippen LogP contribution in [-0.2, 0) is 9.59 Å². The standard InChI is InChI=1S/C27H32N2O3/c1-17(2)32-22-11-9-21(10-12-22)29-26(30)24(23-13-8-18(3)15-20(23)5)25(27(29)31)28-14-6-7-19(4)16-28/h8-13,15,17,19H,6-7,14,16H2,1-5H3. The molecule has 5 heteroatoms. The molecule has 0 spiro atoms. The summed E-state index contributed by atoms with van der Waals surface area (Å²) in [5.41, 5.74) is 4.60. The fourth-order valence-electron chi connectivity index (χ4n) is 4.72. The summed E-state index contributed by atoms with van der Waals surface area (Å²) in [6.07, 6.45) is 2.22. The number of nitrogens with zero attached hydrogens (tertiary/aromatic N) is 2. The van der Waals surface area contributed by atoms with Crippen molar-refractivity contribution >= 4 is 23.1 Å². The Kier molecular flexibility index (Phi) is 6.09. The molecule has 5 nitrogen and oxygen atoms in total. The average Bonchev–Trinajstić information content (AvgIpc) is 2.98. The summed E-state index contributed by atoms with van der Waals surface area (Å²) >= 11 is 0. The maximum Gasteiger partial charge on any atom is 0.282 e. The van der Waals surface area contributed by atoms with Gasteiger partial charge in [0.1, 0.15) is 11.4 Å². The second-order valence-corrected chi connectivity index (χ2v) is 9.34. The van der Waals surface area contributed by atoms with Gasteiger partial charge in [0.15, 0.2) is 0 Å². The third-order valence-electron chi connectivity index (χ3n) is 6.15. The molecule has 0 saturated carbocycles. The van der Waals surface area contributed by atoms with Crippen LogP contribution in [0.1, 0.15) is 50.3 Å². The first-order valence-electron chi connectivity index (χ1n) is 11.5. The highest BCUT2D eigenvalue weighted by Gasteiger charge is 2.43. The zero-order valence-electron chi connectivity index (χ0n) is 19.6. The second-order valence-electron chi connectivity index (χ2n) is 9.34. The van der Waals surface area contributed by atoms with E-state index in [-0.39, 0.29) is 17.9 Å². The molecule has 2 aliphatic rings. The van der Waals surface area contributed by atoms with Crippen molar-refractivity contribution < 1.29 is 14.3 Å². The Morgan fingerprint density at radius 2 is 1.72 bits per heavy atom. The lowest BCUT2D eigenvalue weighted by molar-refractivity contribution is -0.120. The van der Waals surface area contributed by atoms with Crippen LogP contribution in [0.3, 0.4) is 0 Å². The number of piperidine rings is 1. The Labute approximate surface area is 190 Å². The van der Waals surface area contributed by atoms with Crippen LogP contribution in [-0.4, -0.2) is 35.9 Å². The van der Waals surface area contributed by atoms with Crippen molar-refractivity contribution in [1.82, 2.24) is 4.90 Å². The van der Waals surface area contributed by atoms with E-state index in [1.807, 2.05) is 52.0 Å². The minimum atomic E-state index is -0.257. The maximum atomic E-state index is 13.7. The summed E-state index contributed by atoms with van der Waals surface area (Å²) in [4.78, 5) is 30.9. The average molecular weight is 433 g/mol. The molecule has 4 rings (SSSR count). The van der Waals surface area contributed by atoms with E-state index >= 15 is 0 Å². The molecule has 0 aromatic heterocycles. The van der Waals surface area contributed by atoms with Crippen molar-refractivity contribution in [1.29, 1.82) is 0 Å². The minimum Gasteiger partial charge on any atom is -0.491 e. The van der Waals surface area contributed by atoms with E-state index in [0.717, 1.165) is 48.4 Å². The van der Waals surface area contributed by atoms with Gasteiger partial charge in [-0.25, -0.2) is 4.90 Å². The number of benzene rings is 2. The number of carbonyl (C=O) groups is 2. The van der Waals surface area contributed by atoms with Crippen LogP contribution in [0.5, 0.6) is 5.75 Å². The molecule has 2 heterocycles. The molecule has 2 aromatic rings. The highest BCUT2D eigenvalue weighted by molar-refractivity contribution is 6.45. The Morgan fingerprint density at radius 3 is 2.34 bits per heavy atom. The van der Waals surface area contributed by atoms with E-state index in [1.54, 1.807) is 12.1 Å². The van der Waals surface area contributed by atoms with Crippen LogP contribution in [0.4, 0.5) is 5.69 Å². The van der Waals surface area contributed by atoms with Crippen molar-refractivity contribution in [3.05, 3.63) is 64.9 Å². The number of anilines is 1. The van der Waals surface area contributed by atoms with Crippen molar-refractivity contribution in [2.45, 2.75) is 53.6 Å². The first kappa shape index (κ1) is 22.1. The van der Waals surface area contributed by atoms with E-state index in [0.29, 0.717) is 22.9 Å². The monoisotopic (exact) mass is 432 g/mol. The lowest BCUT2D eigenvalue weighted by Gasteiger charge is -2.33. The normalized spacial score (nSPS) is 19.4. The summed E-state index contributed by atoms with van der Waals surface area (Å²) in [6, 6.07) is 13.2. The number of hydrogen-bond donors (Lipinski definition) is 0. The smallest absolute Gasteiger partial charge is 0.282 e. The third-order valence-corrected chi connectivity index (χ3v) is 6.15. The predicted octanol–water partition coefficient (Wildman–Crippen LogP) is 5.11. The van der Waals surface area contributed by atoms with E-state index in [1.165, 1.54) is 4.90 Å². The van der Waals surface area contributed by atoms with Crippen LogP contribution < -0.4 is 9.64 Å². The number of rotatable bonds is 5. The number of amides is 2. The zero-order chi connectivity index (χ0) is 23.0. The first-order chi connectivity index (χ1) is 15.3. The number of imide groups is 1. The Morgan fingerprint density at radius 1 is 1.00 bits per heavy atom. The van der Waals surface area contributed by atoms with E-state index < -0.39 is 0 Å². The Bertz CT molecular complexity index is 1070. The molecule has 32 heavy (non-hydrogen) atoms. The van der Waals surface area contributed by atoms with E-state index in [9.17, 15) is 9.59 Å². The molecule has 2 aromatic carbocycles. The molecular weight excluding hydrogens is 400 g/mol. The highest BCUT2D eigenvalue weighted by atomic mass is 16.5. The largest absolute Gasteiger partial charge is 0.491 e. The number of aryl methyl sites for hydroxylation is 2. The van der Waals surface area contributed by atoms with Gasteiger partial charge in [0.05, 0.1) is 17.4 Å². The molecule has 2 aliphatic heterocycles. The predicted molar refractivity (Wildman–Crippen MR) is 128 cm³/mol. The minimum absolute atomic E-state index is 0.0568. The molecule has 2 amide bonds. The lowest BCUT2D eigenvalue weighted by Crippen LogP contribution is -2.39. The van der Waals surface area contributed by atoms with Crippen molar-refractivity contribution in [2.24, 2.45) is 5.92 Å². The van der Waals surface area contributed by atoms with Crippen LogP contribution in [0.15, 0.2) is 48.2 Å². The van der Waals surface area contributed by atoms with E-state index in [4.69, 9.17) is 4.74 Å². The molecule has 0 N–H and O–H groups in total. The van der Waals surface area contributed by atoms with Gasteiger partial charge in [-0.3, -0.25) is 9.59 Å². The van der Waals surface area contributed by atoms with Gasteiger partial charge in [-0.1, -0.05) is 30.7 Å². The fraction of sp³-hybridized carbons (Fsp3) is 0.407. The molecule has 1 fully saturated rings. The van der Waals surface area contributed by atoms with Crippen molar-refractivity contribution in [3.8, 4) is 5.75 Å². The van der Waals surface area contributed by atoms with Gasteiger partial charge in [-0.2, -0.15) is 0 Å². The second kappa shape index (κ2) is 8.81. The van der Waals surface area contributed by atoms with Crippen LogP contribution in [0.2, 0.25) is 0 Å². The SMILES string of the molecule is Cc1ccc(C2=C(N3CCCC(C)C3)C(=O)N(c3ccc(OC(C)C)cc3)C2=O)c(C)c1. The molecule has 1 unspecified atom stereocenters. The summed E-state index contributed by atoms with van der Waals surface area (Å²) < 4.78 is 5.72. The molecule has 1 saturated heterocycles. The first-order valence-corrected chi connectivity index (χ1v) is 11.5. The van der Waals surface area contributed by atoms with Gasteiger partial charge in [0, 0.05) is 13.1 Å². The molecule has 168 valence electrons. The van der Waals surface area contributed by atoms with Gasteiger partial charge in [0.2, 0.25) is 0 Å². The van der Waals surface area contributed by atoms with E-state index in [2.05, 4.69) is 17.9 Å². The van der Waals surface area contributed by atoms with Crippen LogP contribution >= 0.6 is 0 Å². The Hall–Kier alpha value is -3.08. The molecule has 0 radical (unpaired) electrons. The Balaban J connectivity index is 1.77. The van der Waals surface area contributed by atoms with Gasteiger partial charge in [0.25, 0.3) is 11.8 Å². The lowest BCUT2D eigenvalue weighted by atomic mass is 9.95. The number of likely N-dealkylation sites (tertiary alicyclic amines) is 1. The summed E-state index contributed by atoms with van der Waals surface area (Å²) in [6.45, 7) is 11.8. The van der Waals surface area contributed by atoms with Gasteiger partial charge in [-0.15, -0.1) is 0 Å². The van der Waals surface area contributed by atoms with Crippen molar-refractivity contribution in [2.75, 3.05) is 18.0 Å². The van der Waals surface area contributed by atoms with Crippen LogP contribution in [0.25, 0.3) is 5.57 Å². The topological polar surface area (TPSA) is 49.9 Å². The molecular formula is C27H32N2O3. The van der Waals surface area contributed by atoms with Gasteiger partial charge in [-0.05, 0) is 81.8 Å². The quantitative estimate of drug-likeness (QED) is 0.617. The van der Waals surface area contributed by atoms with Crippen LogP contribution in [0, 0.1) is 19.8 Å². The number of hydrogen-bond acceptors (Lipinski definition) is 4. The zero-order valence-corrected chi connectivity index (χ0v) is 19.6. The van der Waals surface area contributed by atoms with Gasteiger partial charge < -0.3 is 9.64 Å². The highest BCUT2D eigenvalue weighted by Crippen LogP contribution is 2.38. The summed E-state index contributed by atoms with van der Waals surface area (Å²) in [5.74, 6) is 0.709. The van der Waals surface area contributed by atoms with Crippen molar-refractivity contribution in [3.63, 3.8) is 0 Å².